The molecule has 17 heavy (non-hydrogen) atoms. The fourth-order valence-electron chi connectivity index (χ4n) is 3.08. The van der Waals surface area contributed by atoms with Crippen molar-refractivity contribution in [3.05, 3.63) is 17.7 Å². The molecule has 0 aromatic carbocycles. The Morgan fingerprint density at radius 1 is 1.47 bits per heavy atom. The van der Waals surface area contributed by atoms with Crippen LogP contribution in [0.1, 0.15) is 30.7 Å². The summed E-state index contributed by atoms with van der Waals surface area (Å²) in [6.45, 7) is 3.15. The lowest BCUT2D eigenvalue weighted by Gasteiger charge is -2.47. The van der Waals surface area contributed by atoms with Crippen molar-refractivity contribution >= 4 is 0 Å². The maximum atomic E-state index is 4.54. The van der Waals surface area contributed by atoms with Crippen LogP contribution >= 0.6 is 0 Å². The van der Waals surface area contributed by atoms with E-state index >= 15 is 0 Å². The molecule has 1 aromatic rings. The van der Waals surface area contributed by atoms with Crippen molar-refractivity contribution < 1.29 is 0 Å². The van der Waals surface area contributed by atoms with Crippen LogP contribution in [-0.4, -0.2) is 40.6 Å². The molecule has 4 heteroatoms. The first-order valence-electron chi connectivity index (χ1n) is 6.62. The largest absolute Gasteiger partial charge is 0.332 e. The second-order valence-electron chi connectivity index (χ2n) is 5.66. The number of rotatable bonds is 3. The zero-order valence-electron chi connectivity index (χ0n) is 10.9. The molecule has 1 aliphatic carbocycles. The van der Waals surface area contributed by atoms with E-state index in [1.807, 2.05) is 6.33 Å². The lowest BCUT2D eigenvalue weighted by Crippen LogP contribution is -2.53. The second-order valence-corrected chi connectivity index (χ2v) is 5.66. The maximum absolute atomic E-state index is 4.54. The fourth-order valence-corrected chi connectivity index (χ4v) is 3.08. The van der Waals surface area contributed by atoms with E-state index in [4.69, 9.17) is 0 Å². The predicted octanol–water partition coefficient (Wildman–Crippen LogP) is 1.01. The standard InChI is InChI=1S/C13H22N4/c1-16(2)13(5-3-6-13)9-17-10-15-11-8-14-7-4-12(11)17/h10,14H,3-9H2,1-2H3. The van der Waals surface area contributed by atoms with Crippen molar-refractivity contribution in [3.8, 4) is 0 Å². The third-order valence-electron chi connectivity index (χ3n) is 4.56. The lowest BCUT2D eigenvalue weighted by atomic mass is 9.75. The van der Waals surface area contributed by atoms with Crippen LogP contribution in [0.3, 0.4) is 0 Å². The summed E-state index contributed by atoms with van der Waals surface area (Å²) in [4.78, 5) is 6.95. The molecule has 0 atom stereocenters. The van der Waals surface area contributed by atoms with E-state index in [1.54, 1.807) is 0 Å². The van der Waals surface area contributed by atoms with Gasteiger partial charge in [-0.2, -0.15) is 0 Å². The highest BCUT2D eigenvalue weighted by molar-refractivity contribution is 5.17. The molecule has 0 amide bonds. The van der Waals surface area contributed by atoms with E-state index in [2.05, 4.69) is 33.9 Å². The van der Waals surface area contributed by atoms with Crippen LogP contribution in [0.2, 0.25) is 0 Å². The van der Waals surface area contributed by atoms with E-state index in [0.29, 0.717) is 5.54 Å². The van der Waals surface area contributed by atoms with E-state index in [1.165, 1.54) is 30.7 Å². The zero-order valence-corrected chi connectivity index (χ0v) is 10.9. The van der Waals surface area contributed by atoms with Gasteiger partial charge in [-0.1, -0.05) is 0 Å². The summed E-state index contributed by atoms with van der Waals surface area (Å²) in [6, 6.07) is 0. The SMILES string of the molecule is CN(C)C1(Cn2cnc3c2CCNC3)CCC1. The first kappa shape index (κ1) is 11.2. The van der Waals surface area contributed by atoms with Gasteiger partial charge >= 0.3 is 0 Å². The number of hydrogen-bond acceptors (Lipinski definition) is 3. The quantitative estimate of drug-likeness (QED) is 0.847. The Balaban J connectivity index is 1.83. The molecule has 3 rings (SSSR count). The lowest BCUT2D eigenvalue weighted by molar-refractivity contribution is 0.0416. The highest BCUT2D eigenvalue weighted by Gasteiger charge is 2.39. The molecule has 1 N–H and O–H groups in total. The highest BCUT2D eigenvalue weighted by atomic mass is 15.2. The molecule has 1 aliphatic heterocycles. The molecule has 2 aliphatic rings. The first-order valence-corrected chi connectivity index (χ1v) is 6.62. The van der Waals surface area contributed by atoms with Crippen LogP contribution in [0.25, 0.3) is 0 Å². The molecule has 2 heterocycles. The van der Waals surface area contributed by atoms with Gasteiger partial charge in [-0.05, 0) is 33.4 Å². The minimum atomic E-state index is 0.388. The smallest absolute Gasteiger partial charge is 0.0952 e. The fraction of sp³-hybridized carbons (Fsp3) is 0.769. The van der Waals surface area contributed by atoms with E-state index in [-0.39, 0.29) is 0 Å². The Bertz CT molecular complexity index is 404. The monoisotopic (exact) mass is 234 g/mol. The summed E-state index contributed by atoms with van der Waals surface area (Å²) in [5.74, 6) is 0. The van der Waals surface area contributed by atoms with Crippen LogP contribution < -0.4 is 5.32 Å². The zero-order chi connectivity index (χ0) is 11.9. The van der Waals surface area contributed by atoms with Crippen molar-refractivity contribution in [2.75, 3.05) is 20.6 Å². The molecule has 1 saturated carbocycles. The number of nitrogens with one attached hydrogen (secondary N) is 1. The number of likely N-dealkylation sites (N-methyl/N-ethyl adjacent to an activating group) is 1. The van der Waals surface area contributed by atoms with Gasteiger partial charge in [-0.15, -0.1) is 0 Å². The first-order chi connectivity index (χ1) is 8.21. The average molecular weight is 234 g/mol. The molecule has 1 fully saturated rings. The molecule has 0 radical (unpaired) electrons. The maximum Gasteiger partial charge on any atom is 0.0952 e. The predicted molar refractivity (Wildman–Crippen MR) is 67.9 cm³/mol. The summed E-state index contributed by atoms with van der Waals surface area (Å²) >= 11 is 0. The van der Waals surface area contributed by atoms with Crippen molar-refractivity contribution in [2.45, 2.75) is 44.3 Å². The van der Waals surface area contributed by atoms with Crippen molar-refractivity contribution in [1.29, 1.82) is 0 Å². The molecule has 1 aromatic heterocycles. The Morgan fingerprint density at radius 2 is 2.29 bits per heavy atom. The Kier molecular flexibility index (Phi) is 2.71. The third kappa shape index (κ3) is 1.79. The topological polar surface area (TPSA) is 33.1 Å². The average Bonchev–Trinajstić information content (AvgIpc) is 2.66. The number of aromatic nitrogens is 2. The van der Waals surface area contributed by atoms with Crippen LogP contribution in [0.4, 0.5) is 0 Å². The van der Waals surface area contributed by atoms with Crippen LogP contribution in [0.15, 0.2) is 6.33 Å². The van der Waals surface area contributed by atoms with E-state index in [9.17, 15) is 0 Å². The molecule has 0 spiro atoms. The van der Waals surface area contributed by atoms with Gasteiger partial charge in [0.05, 0.1) is 12.0 Å². The molecular weight excluding hydrogens is 212 g/mol. The van der Waals surface area contributed by atoms with E-state index in [0.717, 1.165) is 26.1 Å². The van der Waals surface area contributed by atoms with Gasteiger partial charge in [0, 0.05) is 37.3 Å². The molecule has 0 saturated heterocycles. The van der Waals surface area contributed by atoms with Gasteiger partial charge in [0.25, 0.3) is 0 Å². The van der Waals surface area contributed by atoms with Crippen LogP contribution in [-0.2, 0) is 19.5 Å². The third-order valence-corrected chi connectivity index (χ3v) is 4.56. The van der Waals surface area contributed by atoms with Gasteiger partial charge in [-0.3, -0.25) is 0 Å². The summed E-state index contributed by atoms with van der Waals surface area (Å²) < 4.78 is 2.40. The minimum absolute atomic E-state index is 0.388. The molecule has 0 unspecified atom stereocenters. The Morgan fingerprint density at radius 3 is 2.94 bits per heavy atom. The minimum Gasteiger partial charge on any atom is -0.332 e. The highest BCUT2D eigenvalue weighted by Crippen LogP contribution is 2.38. The number of fused-ring (bicyclic) bond motifs is 1. The molecule has 0 bridgehead atoms. The number of nitrogens with zero attached hydrogens (tertiary/aromatic N) is 3. The number of hydrogen-bond donors (Lipinski definition) is 1. The van der Waals surface area contributed by atoms with Crippen molar-refractivity contribution in [1.82, 2.24) is 19.8 Å². The van der Waals surface area contributed by atoms with Crippen LogP contribution in [0.5, 0.6) is 0 Å². The molecule has 4 nitrogen and oxygen atoms in total. The summed E-state index contributed by atoms with van der Waals surface area (Å²) in [5.41, 5.74) is 3.10. The van der Waals surface area contributed by atoms with Gasteiger partial charge in [0.1, 0.15) is 0 Å². The summed E-state index contributed by atoms with van der Waals surface area (Å²) in [5, 5.41) is 3.38. The van der Waals surface area contributed by atoms with Crippen LogP contribution in [0, 0.1) is 0 Å². The van der Waals surface area contributed by atoms with Gasteiger partial charge in [-0.25, -0.2) is 4.98 Å². The normalized spacial score (nSPS) is 22.3. The molecule has 94 valence electrons. The summed E-state index contributed by atoms with van der Waals surface area (Å²) in [7, 11) is 4.42. The second kappa shape index (κ2) is 4.10. The van der Waals surface area contributed by atoms with Gasteiger partial charge < -0.3 is 14.8 Å². The summed E-state index contributed by atoms with van der Waals surface area (Å²) in [6.07, 6.45) is 7.19. The molecular formula is C13H22N4. The van der Waals surface area contributed by atoms with Crippen molar-refractivity contribution in [2.24, 2.45) is 0 Å². The Labute approximate surface area is 103 Å². The Hall–Kier alpha value is -0.870. The van der Waals surface area contributed by atoms with Gasteiger partial charge in [0.15, 0.2) is 0 Å². The van der Waals surface area contributed by atoms with Crippen molar-refractivity contribution in [3.63, 3.8) is 0 Å². The van der Waals surface area contributed by atoms with E-state index < -0.39 is 0 Å². The number of imidazole rings is 1. The van der Waals surface area contributed by atoms with Gasteiger partial charge in [0.2, 0.25) is 0 Å².